The number of nitrogens with zero attached hydrogens (tertiary/aromatic N) is 1. The van der Waals surface area contributed by atoms with Gasteiger partial charge in [-0.25, -0.2) is 0 Å². The normalized spacial score (nSPS) is 13.6. The van der Waals surface area contributed by atoms with Gasteiger partial charge in [0, 0.05) is 18.7 Å². The number of carbonyl (C=O) groups excluding carboxylic acids is 1. The maximum absolute atomic E-state index is 12.3. The van der Waals surface area contributed by atoms with Crippen LogP contribution in [0.15, 0.2) is 30.3 Å². The molecule has 0 aromatic heterocycles. The molecule has 2 N–H and O–H groups in total. The first kappa shape index (κ1) is 15.2. The zero-order valence-electron chi connectivity index (χ0n) is 11.1. The van der Waals surface area contributed by atoms with Crippen molar-refractivity contribution in [2.24, 2.45) is 5.92 Å². The Morgan fingerprint density at radius 1 is 1.16 bits per heavy atom. The predicted molar refractivity (Wildman–Crippen MR) is 70.8 cm³/mol. The second-order valence-corrected chi connectivity index (χ2v) is 4.66. The molecular weight excluding hydrogens is 246 g/mol. The van der Waals surface area contributed by atoms with Gasteiger partial charge < -0.3 is 15.1 Å². The van der Waals surface area contributed by atoms with Crippen molar-refractivity contribution in [2.45, 2.75) is 20.0 Å². The molecule has 1 amide bonds. The van der Waals surface area contributed by atoms with Crippen molar-refractivity contribution in [2.75, 3.05) is 13.1 Å². The van der Waals surface area contributed by atoms with Crippen molar-refractivity contribution in [3.8, 4) is 0 Å². The lowest BCUT2D eigenvalue weighted by molar-refractivity contribution is -0.141. The Kier molecular flexibility index (Phi) is 5.51. The van der Waals surface area contributed by atoms with E-state index in [-0.39, 0.29) is 19.0 Å². The van der Waals surface area contributed by atoms with Crippen molar-refractivity contribution in [1.29, 1.82) is 0 Å². The van der Waals surface area contributed by atoms with E-state index < -0.39 is 18.0 Å². The highest BCUT2D eigenvalue weighted by atomic mass is 16.4. The summed E-state index contributed by atoms with van der Waals surface area (Å²) < 4.78 is 0. The smallest absolute Gasteiger partial charge is 0.308 e. The van der Waals surface area contributed by atoms with Crippen molar-refractivity contribution in [3.05, 3.63) is 35.9 Å². The van der Waals surface area contributed by atoms with Crippen LogP contribution in [0.5, 0.6) is 0 Å². The highest BCUT2D eigenvalue weighted by Crippen LogP contribution is 2.09. The number of amides is 1. The van der Waals surface area contributed by atoms with Crippen LogP contribution in [0, 0.1) is 5.92 Å². The van der Waals surface area contributed by atoms with Crippen LogP contribution in [0.3, 0.4) is 0 Å². The first-order chi connectivity index (χ1) is 8.91. The molecule has 0 aliphatic carbocycles. The third kappa shape index (κ3) is 4.71. The molecule has 0 saturated carbocycles. The lowest BCUT2D eigenvalue weighted by Crippen LogP contribution is -2.40. The van der Waals surface area contributed by atoms with Gasteiger partial charge in [-0.05, 0) is 19.1 Å². The number of carboxylic acid groups (broad SMARTS) is 1. The summed E-state index contributed by atoms with van der Waals surface area (Å²) >= 11 is 0. The SMILES string of the molecule is CC(O)CN(CC(C)C(=O)O)C(=O)c1ccccc1. The average Bonchev–Trinajstić information content (AvgIpc) is 2.37. The standard InChI is InChI=1S/C14H19NO4/c1-10(14(18)19)8-15(9-11(2)16)13(17)12-6-4-3-5-7-12/h3-7,10-11,16H,8-9H2,1-2H3,(H,18,19). The summed E-state index contributed by atoms with van der Waals surface area (Å²) in [6.07, 6.45) is -0.700. The van der Waals surface area contributed by atoms with Crippen LogP contribution in [0.25, 0.3) is 0 Å². The summed E-state index contributed by atoms with van der Waals surface area (Å²) in [6, 6.07) is 8.63. The van der Waals surface area contributed by atoms with Crippen molar-refractivity contribution < 1.29 is 19.8 Å². The molecule has 0 fully saturated rings. The molecule has 0 heterocycles. The monoisotopic (exact) mass is 265 g/mol. The summed E-state index contributed by atoms with van der Waals surface area (Å²) in [5.74, 6) is -1.91. The Bertz CT molecular complexity index is 430. The number of carbonyl (C=O) groups is 2. The molecule has 2 unspecified atom stereocenters. The molecule has 0 radical (unpaired) electrons. The van der Waals surface area contributed by atoms with E-state index in [1.165, 1.54) is 11.8 Å². The molecule has 1 rings (SSSR count). The molecule has 0 saturated heterocycles. The summed E-state index contributed by atoms with van der Waals surface area (Å²) in [5, 5.41) is 18.3. The Balaban J connectivity index is 2.84. The molecule has 5 nitrogen and oxygen atoms in total. The first-order valence-electron chi connectivity index (χ1n) is 6.17. The lowest BCUT2D eigenvalue weighted by atomic mass is 10.1. The minimum absolute atomic E-state index is 0.0773. The van der Waals surface area contributed by atoms with Gasteiger partial charge in [0.05, 0.1) is 12.0 Å². The van der Waals surface area contributed by atoms with E-state index in [4.69, 9.17) is 5.11 Å². The lowest BCUT2D eigenvalue weighted by Gasteiger charge is -2.25. The number of aliphatic hydroxyl groups is 1. The molecule has 0 aliphatic rings. The largest absolute Gasteiger partial charge is 0.481 e. The first-order valence-corrected chi connectivity index (χ1v) is 6.17. The van der Waals surface area contributed by atoms with Gasteiger partial charge in [0.25, 0.3) is 5.91 Å². The molecule has 1 aromatic rings. The van der Waals surface area contributed by atoms with Crippen LogP contribution in [0.2, 0.25) is 0 Å². The van der Waals surface area contributed by atoms with E-state index in [0.29, 0.717) is 5.56 Å². The van der Waals surface area contributed by atoms with E-state index in [9.17, 15) is 14.7 Å². The van der Waals surface area contributed by atoms with Crippen LogP contribution in [-0.4, -0.2) is 46.2 Å². The van der Waals surface area contributed by atoms with E-state index in [0.717, 1.165) is 0 Å². The number of carboxylic acids is 1. The Morgan fingerprint density at radius 3 is 2.21 bits per heavy atom. The van der Waals surface area contributed by atoms with Gasteiger partial charge in [-0.3, -0.25) is 9.59 Å². The number of rotatable bonds is 6. The predicted octanol–water partition coefficient (Wildman–Crippen LogP) is 1.23. The van der Waals surface area contributed by atoms with Crippen LogP contribution in [0.1, 0.15) is 24.2 Å². The highest BCUT2D eigenvalue weighted by molar-refractivity contribution is 5.94. The van der Waals surface area contributed by atoms with Crippen LogP contribution >= 0.6 is 0 Å². The fraction of sp³-hybridized carbons (Fsp3) is 0.429. The molecule has 104 valence electrons. The van der Waals surface area contributed by atoms with Crippen molar-refractivity contribution >= 4 is 11.9 Å². The van der Waals surface area contributed by atoms with Gasteiger partial charge in [-0.2, -0.15) is 0 Å². The zero-order valence-corrected chi connectivity index (χ0v) is 11.1. The third-order valence-corrected chi connectivity index (χ3v) is 2.71. The number of hydrogen-bond donors (Lipinski definition) is 2. The minimum atomic E-state index is -0.962. The van der Waals surface area contributed by atoms with Gasteiger partial charge in [-0.1, -0.05) is 25.1 Å². The maximum atomic E-state index is 12.3. The van der Waals surface area contributed by atoms with Gasteiger partial charge in [0.1, 0.15) is 0 Å². The highest BCUT2D eigenvalue weighted by Gasteiger charge is 2.22. The fourth-order valence-corrected chi connectivity index (χ4v) is 1.73. The average molecular weight is 265 g/mol. The summed E-state index contributed by atoms with van der Waals surface area (Å²) in [7, 11) is 0. The summed E-state index contributed by atoms with van der Waals surface area (Å²) in [4.78, 5) is 24.5. The second-order valence-electron chi connectivity index (χ2n) is 4.66. The number of aliphatic hydroxyl groups excluding tert-OH is 1. The van der Waals surface area contributed by atoms with Crippen LogP contribution in [0.4, 0.5) is 0 Å². The molecule has 1 aromatic carbocycles. The number of aliphatic carboxylic acids is 1. The second kappa shape index (κ2) is 6.89. The zero-order chi connectivity index (χ0) is 14.4. The Morgan fingerprint density at radius 2 is 1.74 bits per heavy atom. The number of hydrogen-bond acceptors (Lipinski definition) is 3. The fourth-order valence-electron chi connectivity index (χ4n) is 1.73. The molecule has 0 bridgehead atoms. The Hall–Kier alpha value is -1.88. The van der Waals surface area contributed by atoms with Gasteiger partial charge in [0.15, 0.2) is 0 Å². The van der Waals surface area contributed by atoms with Crippen LogP contribution in [-0.2, 0) is 4.79 Å². The Labute approximate surface area is 112 Å². The third-order valence-electron chi connectivity index (χ3n) is 2.71. The van der Waals surface area contributed by atoms with Gasteiger partial charge in [-0.15, -0.1) is 0 Å². The topological polar surface area (TPSA) is 77.8 Å². The molecule has 2 atom stereocenters. The van der Waals surface area contributed by atoms with E-state index in [1.54, 1.807) is 37.3 Å². The minimum Gasteiger partial charge on any atom is -0.481 e. The quantitative estimate of drug-likeness (QED) is 0.811. The number of benzene rings is 1. The van der Waals surface area contributed by atoms with E-state index in [1.807, 2.05) is 0 Å². The molecular formula is C14H19NO4. The molecule has 5 heteroatoms. The van der Waals surface area contributed by atoms with Crippen molar-refractivity contribution in [3.63, 3.8) is 0 Å². The molecule has 0 spiro atoms. The van der Waals surface area contributed by atoms with Gasteiger partial charge in [0.2, 0.25) is 0 Å². The summed E-state index contributed by atoms with van der Waals surface area (Å²) in [5.41, 5.74) is 0.487. The summed E-state index contributed by atoms with van der Waals surface area (Å²) in [6.45, 7) is 3.30. The van der Waals surface area contributed by atoms with Gasteiger partial charge >= 0.3 is 5.97 Å². The molecule has 19 heavy (non-hydrogen) atoms. The maximum Gasteiger partial charge on any atom is 0.308 e. The molecule has 0 aliphatic heterocycles. The van der Waals surface area contributed by atoms with Crippen molar-refractivity contribution in [1.82, 2.24) is 4.90 Å². The van der Waals surface area contributed by atoms with Crippen LogP contribution < -0.4 is 0 Å². The van der Waals surface area contributed by atoms with E-state index >= 15 is 0 Å². The van der Waals surface area contributed by atoms with E-state index in [2.05, 4.69) is 0 Å².